The van der Waals surface area contributed by atoms with Gasteiger partial charge in [0.05, 0.1) is 34.4 Å². The SMILES string of the molecule is CCCCCCCCCCCCCCCCCCC(=O)OC(COC(=O)CCCCCCCCCC)COC(OCC[N+](C)(C)C)C(=O)O. The van der Waals surface area contributed by atoms with Gasteiger partial charge in [-0.1, -0.05) is 155 Å². The fourth-order valence-corrected chi connectivity index (χ4v) is 5.66. The molecule has 9 nitrogen and oxygen atoms in total. The number of carboxylic acid groups (broad SMARTS) is 1. The van der Waals surface area contributed by atoms with Crippen LogP contribution in [0.3, 0.4) is 0 Å². The van der Waals surface area contributed by atoms with Crippen molar-refractivity contribution in [3.05, 3.63) is 0 Å². The summed E-state index contributed by atoms with van der Waals surface area (Å²) < 4.78 is 22.6. The Hall–Kier alpha value is -1.71. The van der Waals surface area contributed by atoms with Gasteiger partial charge in [-0.05, 0) is 12.8 Å². The third kappa shape index (κ3) is 34.5. The summed E-state index contributed by atoms with van der Waals surface area (Å²) in [6.45, 7) is 4.85. The average molecular weight is 701 g/mol. The van der Waals surface area contributed by atoms with Gasteiger partial charge in [-0.25, -0.2) is 4.79 Å². The minimum absolute atomic E-state index is 0.175. The molecule has 290 valence electrons. The average Bonchev–Trinajstić information content (AvgIpc) is 3.05. The Morgan fingerprint density at radius 3 is 1.31 bits per heavy atom. The normalized spacial score (nSPS) is 12.9. The first-order chi connectivity index (χ1) is 23.6. The van der Waals surface area contributed by atoms with Crippen molar-refractivity contribution in [3.8, 4) is 0 Å². The molecule has 2 atom stereocenters. The van der Waals surface area contributed by atoms with Crippen molar-refractivity contribution in [1.29, 1.82) is 0 Å². The number of rotatable bonds is 37. The van der Waals surface area contributed by atoms with Gasteiger partial charge in [0.2, 0.25) is 0 Å². The number of carbonyl (C=O) groups excluding carboxylic acids is 2. The van der Waals surface area contributed by atoms with Gasteiger partial charge in [-0.15, -0.1) is 0 Å². The third-order valence-electron chi connectivity index (χ3n) is 8.86. The zero-order valence-corrected chi connectivity index (χ0v) is 32.6. The summed E-state index contributed by atoms with van der Waals surface area (Å²) in [5.74, 6) is -2.00. The van der Waals surface area contributed by atoms with Gasteiger partial charge in [0.1, 0.15) is 13.2 Å². The maximum atomic E-state index is 12.7. The molecule has 0 aliphatic carbocycles. The number of ether oxygens (including phenoxy) is 4. The van der Waals surface area contributed by atoms with Crippen molar-refractivity contribution >= 4 is 17.9 Å². The van der Waals surface area contributed by atoms with Crippen molar-refractivity contribution in [2.75, 3.05) is 47.5 Å². The Kier molecular flexibility index (Phi) is 32.3. The van der Waals surface area contributed by atoms with Crippen LogP contribution in [0.15, 0.2) is 0 Å². The van der Waals surface area contributed by atoms with E-state index in [1.165, 1.54) is 116 Å². The van der Waals surface area contributed by atoms with E-state index in [0.29, 0.717) is 17.4 Å². The molecule has 0 aliphatic heterocycles. The number of carbonyl (C=O) groups is 3. The summed E-state index contributed by atoms with van der Waals surface area (Å²) in [5.41, 5.74) is 0. The highest BCUT2D eigenvalue weighted by Crippen LogP contribution is 2.15. The van der Waals surface area contributed by atoms with E-state index >= 15 is 0 Å². The highest BCUT2D eigenvalue weighted by atomic mass is 16.7. The van der Waals surface area contributed by atoms with E-state index in [2.05, 4.69) is 13.8 Å². The Morgan fingerprint density at radius 1 is 0.531 bits per heavy atom. The van der Waals surface area contributed by atoms with Gasteiger partial charge in [0.25, 0.3) is 6.29 Å². The quantitative estimate of drug-likeness (QED) is 0.0295. The van der Waals surface area contributed by atoms with Crippen molar-refractivity contribution in [3.63, 3.8) is 0 Å². The van der Waals surface area contributed by atoms with Crippen molar-refractivity contribution in [2.45, 2.75) is 193 Å². The number of esters is 2. The summed E-state index contributed by atoms with van der Waals surface area (Å²) in [7, 11) is 5.95. The van der Waals surface area contributed by atoms with Crippen LogP contribution in [0, 0.1) is 0 Å². The second-order valence-electron chi connectivity index (χ2n) is 15.0. The summed E-state index contributed by atoms with van der Waals surface area (Å²) in [6.07, 6.45) is 27.4. The van der Waals surface area contributed by atoms with Gasteiger partial charge in [-0.2, -0.15) is 0 Å². The van der Waals surface area contributed by atoms with E-state index in [1.54, 1.807) is 0 Å². The van der Waals surface area contributed by atoms with Crippen molar-refractivity contribution in [1.82, 2.24) is 0 Å². The van der Waals surface area contributed by atoms with E-state index in [4.69, 9.17) is 18.9 Å². The Morgan fingerprint density at radius 2 is 0.918 bits per heavy atom. The third-order valence-corrected chi connectivity index (χ3v) is 8.86. The fourth-order valence-electron chi connectivity index (χ4n) is 5.66. The highest BCUT2D eigenvalue weighted by molar-refractivity contribution is 5.71. The number of hydrogen-bond acceptors (Lipinski definition) is 7. The smallest absolute Gasteiger partial charge is 0.361 e. The molecule has 2 unspecified atom stereocenters. The molecular weight excluding hydrogens is 622 g/mol. The number of unbranched alkanes of at least 4 members (excludes halogenated alkanes) is 22. The molecule has 0 aromatic carbocycles. The molecule has 0 aromatic heterocycles. The van der Waals surface area contributed by atoms with Crippen LogP contribution < -0.4 is 0 Å². The van der Waals surface area contributed by atoms with Crippen LogP contribution in [0.25, 0.3) is 0 Å². The molecular formula is C40H78NO8+. The monoisotopic (exact) mass is 701 g/mol. The number of quaternary nitrogens is 1. The zero-order valence-electron chi connectivity index (χ0n) is 32.6. The predicted molar refractivity (Wildman–Crippen MR) is 198 cm³/mol. The van der Waals surface area contributed by atoms with Crippen molar-refractivity contribution in [2.24, 2.45) is 0 Å². The fraction of sp³-hybridized carbons (Fsp3) is 0.925. The van der Waals surface area contributed by atoms with E-state index in [9.17, 15) is 19.5 Å². The molecule has 49 heavy (non-hydrogen) atoms. The maximum Gasteiger partial charge on any atom is 0.361 e. The van der Waals surface area contributed by atoms with Crippen LogP contribution in [0.1, 0.15) is 181 Å². The molecule has 0 heterocycles. The maximum absolute atomic E-state index is 12.7. The zero-order chi connectivity index (χ0) is 36.4. The number of aliphatic carboxylic acids is 1. The summed E-state index contributed by atoms with van der Waals surface area (Å²) >= 11 is 0. The van der Waals surface area contributed by atoms with Crippen LogP contribution in [0.4, 0.5) is 0 Å². The molecule has 0 rings (SSSR count). The molecule has 0 aromatic rings. The van der Waals surface area contributed by atoms with Gasteiger partial charge in [0.15, 0.2) is 6.10 Å². The Balaban J connectivity index is 4.42. The molecule has 0 saturated heterocycles. The van der Waals surface area contributed by atoms with Crippen LogP contribution >= 0.6 is 0 Å². The minimum Gasteiger partial charge on any atom is -0.477 e. The van der Waals surface area contributed by atoms with Crippen LogP contribution in [-0.4, -0.2) is 87.4 Å². The predicted octanol–water partition coefficient (Wildman–Crippen LogP) is 9.77. The molecule has 9 heteroatoms. The van der Waals surface area contributed by atoms with E-state index in [-0.39, 0.29) is 32.2 Å². The molecule has 0 bridgehead atoms. The minimum atomic E-state index is -1.50. The van der Waals surface area contributed by atoms with Gasteiger partial charge in [0, 0.05) is 12.8 Å². The highest BCUT2D eigenvalue weighted by Gasteiger charge is 2.25. The molecule has 1 N–H and O–H groups in total. The number of likely N-dealkylation sites (N-methyl/N-ethyl adjacent to an activating group) is 1. The molecule has 0 spiro atoms. The summed E-state index contributed by atoms with van der Waals surface area (Å²) in [4.78, 5) is 36.8. The lowest BCUT2D eigenvalue weighted by atomic mass is 10.0. The van der Waals surface area contributed by atoms with E-state index in [0.717, 1.165) is 38.5 Å². The van der Waals surface area contributed by atoms with Crippen molar-refractivity contribution < 1.29 is 42.9 Å². The van der Waals surface area contributed by atoms with Gasteiger partial charge >= 0.3 is 17.9 Å². The standard InChI is InChI=1S/C40H77NO8/c1-6-8-10-12-14-16-17-18-19-20-21-22-23-25-27-29-31-38(43)49-36(35-48-40(39(44)45)46-33-32-41(3,4)5)34-47-37(42)30-28-26-24-15-13-11-9-7-2/h36,40H,6-35H2,1-5H3/p+1. The van der Waals surface area contributed by atoms with Gasteiger partial charge in [-0.3, -0.25) is 9.59 Å². The largest absolute Gasteiger partial charge is 0.477 e. The van der Waals surface area contributed by atoms with E-state index in [1.807, 2.05) is 21.1 Å². The lowest BCUT2D eigenvalue weighted by molar-refractivity contribution is -0.870. The second kappa shape index (κ2) is 33.4. The van der Waals surface area contributed by atoms with Crippen LogP contribution in [-0.2, 0) is 33.3 Å². The first-order valence-corrected chi connectivity index (χ1v) is 20.2. The molecule has 0 fully saturated rings. The number of nitrogens with zero attached hydrogens (tertiary/aromatic N) is 1. The summed E-state index contributed by atoms with van der Waals surface area (Å²) in [6, 6.07) is 0. The van der Waals surface area contributed by atoms with E-state index < -0.39 is 24.3 Å². The lowest BCUT2D eigenvalue weighted by Crippen LogP contribution is -2.40. The second-order valence-corrected chi connectivity index (χ2v) is 15.0. The first kappa shape index (κ1) is 47.3. The number of hydrogen-bond donors (Lipinski definition) is 1. The molecule has 0 aliphatic rings. The molecule has 0 radical (unpaired) electrons. The lowest BCUT2D eigenvalue weighted by Gasteiger charge is -2.25. The Labute approximate surface area is 301 Å². The van der Waals surface area contributed by atoms with Gasteiger partial charge < -0.3 is 28.5 Å². The summed E-state index contributed by atoms with van der Waals surface area (Å²) in [5, 5.41) is 9.58. The number of carboxylic acids is 1. The first-order valence-electron chi connectivity index (χ1n) is 20.2. The molecule has 0 saturated carbocycles. The van der Waals surface area contributed by atoms with Crippen LogP contribution in [0.5, 0.6) is 0 Å². The van der Waals surface area contributed by atoms with Crippen LogP contribution in [0.2, 0.25) is 0 Å². The molecule has 0 amide bonds. The Bertz CT molecular complexity index is 785. The topological polar surface area (TPSA) is 108 Å².